The van der Waals surface area contributed by atoms with Crippen molar-refractivity contribution in [1.82, 2.24) is 0 Å². The van der Waals surface area contributed by atoms with Crippen molar-refractivity contribution < 1.29 is 20.1 Å². The van der Waals surface area contributed by atoms with Crippen LogP contribution in [-0.4, -0.2) is 27.5 Å². The summed E-state index contributed by atoms with van der Waals surface area (Å²) in [5.41, 5.74) is 0.744. The van der Waals surface area contributed by atoms with Crippen LogP contribution in [0.15, 0.2) is 12.1 Å². The first kappa shape index (κ1) is 10.7. The van der Waals surface area contributed by atoms with Crippen LogP contribution in [0, 0.1) is 0 Å². The summed E-state index contributed by atoms with van der Waals surface area (Å²) in [4.78, 5) is 0. The molecule has 0 aromatic heterocycles. The van der Waals surface area contributed by atoms with Gasteiger partial charge in [0.15, 0.2) is 0 Å². The van der Waals surface area contributed by atoms with Gasteiger partial charge in [-0.3, -0.25) is 0 Å². The SMILES string of the molecule is Oc1cc(O)c2c(c1)OC1C(O)CCCCC21. The molecule has 1 aromatic rings. The molecule has 1 fully saturated rings. The number of fused-ring (bicyclic) bond motifs is 3. The minimum absolute atomic E-state index is 0.00722. The van der Waals surface area contributed by atoms with Gasteiger partial charge in [0.1, 0.15) is 23.4 Å². The van der Waals surface area contributed by atoms with Crippen LogP contribution in [-0.2, 0) is 0 Å². The molecule has 2 aliphatic rings. The molecule has 0 radical (unpaired) electrons. The molecule has 1 saturated carbocycles. The molecule has 0 saturated heterocycles. The van der Waals surface area contributed by atoms with Crippen LogP contribution in [0.2, 0.25) is 0 Å². The Morgan fingerprint density at radius 3 is 2.71 bits per heavy atom. The summed E-state index contributed by atoms with van der Waals surface area (Å²) in [6, 6.07) is 2.85. The third-order valence-corrected chi connectivity index (χ3v) is 3.78. The van der Waals surface area contributed by atoms with Gasteiger partial charge >= 0.3 is 0 Å². The number of hydrogen-bond donors (Lipinski definition) is 3. The topological polar surface area (TPSA) is 69.9 Å². The van der Waals surface area contributed by atoms with Gasteiger partial charge in [0.2, 0.25) is 0 Å². The maximum absolute atomic E-state index is 10.0. The van der Waals surface area contributed by atoms with Gasteiger partial charge < -0.3 is 20.1 Å². The molecule has 0 amide bonds. The van der Waals surface area contributed by atoms with Crippen molar-refractivity contribution in [3.8, 4) is 17.2 Å². The number of phenolic OH excluding ortho intramolecular Hbond substituents is 2. The van der Waals surface area contributed by atoms with Gasteiger partial charge in [-0.25, -0.2) is 0 Å². The fourth-order valence-electron chi connectivity index (χ4n) is 3.00. The second-order valence-corrected chi connectivity index (χ2v) is 4.92. The maximum Gasteiger partial charge on any atom is 0.132 e. The van der Waals surface area contributed by atoms with Gasteiger partial charge in [-0.15, -0.1) is 0 Å². The first-order chi connectivity index (χ1) is 8.16. The normalized spacial score (nSPS) is 31.2. The third kappa shape index (κ3) is 1.63. The van der Waals surface area contributed by atoms with E-state index in [-0.39, 0.29) is 23.5 Å². The molecule has 4 nitrogen and oxygen atoms in total. The Morgan fingerprint density at radius 2 is 1.88 bits per heavy atom. The zero-order chi connectivity index (χ0) is 12.0. The minimum Gasteiger partial charge on any atom is -0.508 e. The highest BCUT2D eigenvalue weighted by Crippen LogP contribution is 2.49. The van der Waals surface area contributed by atoms with Crippen LogP contribution in [0.1, 0.15) is 37.2 Å². The largest absolute Gasteiger partial charge is 0.508 e. The Balaban J connectivity index is 2.05. The number of aliphatic hydroxyl groups excluding tert-OH is 1. The summed E-state index contributed by atoms with van der Waals surface area (Å²) >= 11 is 0. The van der Waals surface area contributed by atoms with Crippen molar-refractivity contribution in [1.29, 1.82) is 0 Å². The Morgan fingerprint density at radius 1 is 1.12 bits per heavy atom. The van der Waals surface area contributed by atoms with E-state index in [1.807, 2.05) is 0 Å². The van der Waals surface area contributed by atoms with Crippen molar-refractivity contribution in [3.05, 3.63) is 17.7 Å². The molecule has 0 spiro atoms. The highest BCUT2D eigenvalue weighted by atomic mass is 16.5. The zero-order valence-corrected chi connectivity index (χ0v) is 9.47. The summed E-state index contributed by atoms with van der Waals surface area (Å²) in [5, 5.41) is 29.4. The first-order valence-electron chi connectivity index (χ1n) is 6.07. The highest BCUT2D eigenvalue weighted by molar-refractivity contribution is 5.54. The van der Waals surface area contributed by atoms with Crippen LogP contribution >= 0.6 is 0 Å². The second-order valence-electron chi connectivity index (χ2n) is 4.92. The van der Waals surface area contributed by atoms with E-state index < -0.39 is 6.10 Å². The number of rotatable bonds is 0. The molecule has 3 unspecified atom stereocenters. The molecule has 1 aromatic carbocycles. The average molecular weight is 236 g/mol. The summed E-state index contributed by atoms with van der Waals surface area (Å²) in [6.07, 6.45) is 2.90. The monoisotopic (exact) mass is 236 g/mol. The van der Waals surface area contributed by atoms with E-state index in [4.69, 9.17) is 4.74 Å². The number of aliphatic hydroxyl groups is 1. The van der Waals surface area contributed by atoms with E-state index in [0.717, 1.165) is 31.2 Å². The van der Waals surface area contributed by atoms with E-state index in [9.17, 15) is 15.3 Å². The fraction of sp³-hybridized carbons (Fsp3) is 0.538. The molecule has 92 valence electrons. The number of ether oxygens (including phenoxy) is 1. The quantitative estimate of drug-likeness (QED) is 0.643. The molecule has 1 aliphatic carbocycles. The minimum atomic E-state index is -0.489. The maximum atomic E-state index is 10.0. The third-order valence-electron chi connectivity index (χ3n) is 3.78. The Kier molecular flexibility index (Phi) is 2.40. The molecule has 0 bridgehead atoms. The number of phenols is 2. The van der Waals surface area contributed by atoms with Crippen molar-refractivity contribution in [2.45, 2.75) is 43.8 Å². The predicted molar refractivity (Wildman–Crippen MR) is 61.4 cm³/mol. The predicted octanol–water partition coefficient (Wildman–Crippen LogP) is 1.88. The van der Waals surface area contributed by atoms with Crippen LogP contribution in [0.25, 0.3) is 0 Å². The molecule has 4 heteroatoms. The molecule has 3 N–H and O–H groups in total. The lowest BCUT2D eigenvalue weighted by molar-refractivity contribution is 0.0361. The van der Waals surface area contributed by atoms with E-state index in [1.54, 1.807) is 0 Å². The summed E-state index contributed by atoms with van der Waals surface area (Å²) in [6.45, 7) is 0. The molecule has 1 aliphatic heterocycles. The van der Waals surface area contributed by atoms with Crippen molar-refractivity contribution in [2.24, 2.45) is 0 Å². The van der Waals surface area contributed by atoms with Crippen molar-refractivity contribution in [3.63, 3.8) is 0 Å². The standard InChI is InChI=1S/C13H16O4/c14-7-5-10(16)12-8-3-1-2-4-9(15)13(8)17-11(12)6-7/h5-6,8-9,13-16H,1-4H2. The van der Waals surface area contributed by atoms with Gasteiger partial charge in [0, 0.05) is 23.6 Å². The molecule has 1 heterocycles. The molecular weight excluding hydrogens is 220 g/mol. The van der Waals surface area contributed by atoms with E-state index >= 15 is 0 Å². The highest BCUT2D eigenvalue weighted by Gasteiger charge is 2.41. The summed E-state index contributed by atoms with van der Waals surface area (Å²) in [7, 11) is 0. The van der Waals surface area contributed by atoms with E-state index in [2.05, 4.69) is 0 Å². The Hall–Kier alpha value is -1.42. The fourth-order valence-corrected chi connectivity index (χ4v) is 3.00. The Labute approximate surface area is 99.5 Å². The van der Waals surface area contributed by atoms with Gasteiger partial charge in [0.25, 0.3) is 0 Å². The smallest absolute Gasteiger partial charge is 0.132 e. The lowest BCUT2D eigenvalue weighted by Gasteiger charge is -2.20. The molecule has 17 heavy (non-hydrogen) atoms. The lowest BCUT2D eigenvalue weighted by Crippen LogP contribution is -2.31. The lowest BCUT2D eigenvalue weighted by atomic mass is 9.90. The van der Waals surface area contributed by atoms with Crippen molar-refractivity contribution in [2.75, 3.05) is 0 Å². The van der Waals surface area contributed by atoms with Crippen LogP contribution in [0.5, 0.6) is 17.2 Å². The molecule has 3 atom stereocenters. The number of aromatic hydroxyl groups is 2. The first-order valence-corrected chi connectivity index (χ1v) is 6.07. The van der Waals surface area contributed by atoms with Gasteiger partial charge in [0.05, 0.1) is 6.10 Å². The van der Waals surface area contributed by atoms with Gasteiger partial charge in [-0.2, -0.15) is 0 Å². The van der Waals surface area contributed by atoms with Gasteiger partial charge in [-0.1, -0.05) is 12.8 Å². The second kappa shape index (κ2) is 3.81. The van der Waals surface area contributed by atoms with Crippen LogP contribution in [0.4, 0.5) is 0 Å². The molecular formula is C13H16O4. The average Bonchev–Trinajstić information content (AvgIpc) is 2.54. The summed E-state index contributed by atoms with van der Waals surface area (Å²) in [5.74, 6) is 0.621. The van der Waals surface area contributed by atoms with Crippen LogP contribution < -0.4 is 4.74 Å². The number of hydrogen-bond acceptors (Lipinski definition) is 4. The summed E-state index contributed by atoms with van der Waals surface area (Å²) < 4.78 is 5.69. The van der Waals surface area contributed by atoms with Crippen molar-refractivity contribution >= 4 is 0 Å². The van der Waals surface area contributed by atoms with E-state index in [1.165, 1.54) is 12.1 Å². The Bertz CT molecular complexity index is 443. The number of benzene rings is 1. The molecule has 3 rings (SSSR count). The zero-order valence-electron chi connectivity index (χ0n) is 9.47. The van der Waals surface area contributed by atoms with E-state index in [0.29, 0.717) is 5.75 Å². The van der Waals surface area contributed by atoms with Gasteiger partial charge in [-0.05, 0) is 12.8 Å². The van der Waals surface area contributed by atoms with Crippen LogP contribution in [0.3, 0.4) is 0 Å².